The average Bonchev–Trinajstić information content (AvgIpc) is 3.10. The lowest BCUT2D eigenvalue weighted by Gasteiger charge is -2.26. The number of nitrogens with zero attached hydrogens (tertiary/aromatic N) is 3. The number of anilines is 2. The van der Waals surface area contributed by atoms with Crippen molar-refractivity contribution in [2.45, 2.75) is 11.3 Å². The van der Waals surface area contributed by atoms with E-state index in [-0.39, 0.29) is 20.6 Å². The average molecular weight is 506 g/mol. The summed E-state index contributed by atoms with van der Waals surface area (Å²) in [6.45, 7) is -0.170. The van der Waals surface area contributed by atoms with E-state index in [4.69, 9.17) is 23.2 Å². The maximum Gasteiger partial charge on any atom is 0.247 e. The van der Waals surface area contributed by atoms with Crippen molar-refractivity contribution < 1.29 is 21.6 Å². The molecule has 8 nitrogen and oxygen atoms in total. The molecule has 31 heavy (non-hydrogen) atoms. The minimum Gasteiger partial charge on any atom is -0.310 e. The first-order valence-electron chi connectivity index (χ1n) is 9.11. The Morgan fingerprint density at radius 3 is 2.35 bits per heavy atom. The lowest BCUT2D eigenvalue weighted by molar-refractivity contribution is -0.117. The number of carbonyl (C=O) groups is 1. The quantitative estimate of drug-likeness (QED) is 0.601. The summed E-state index contributed by atoms with van der Waals surface area (Å²) in [5.74, 6) is -0.469. The lowest BCUT2D eigenvalue weighted by Crippen LogP contribution is -2.42. The van der Waals surface area contributed by atoms with E-state index in [0.717, 1.165) is 14.9 Å². The summed E-state index contributed by atoms with van der Waals surface area (Å²) in [6.07, 6.45) is 1.43. The molecular weight excluding hydrogens is 485 g/mol. The number of hydrogen-bond acceptors (Lipinski definition) is 5. The first-order valence-corrected chi connectivity index (χ1v) is 13.2. The van der Waals surface area contributed by atoms with Gasteiger partial charge in [0.15, 0.2) is 0 Å². The van der Waals surface area contributed by atoms with Gasteiger partial charge in [0.1, 0.15) is 6.54 Å². The van der Waals surface area contributed by atoms with Gasteiger partial charge in [0, 0.05) is 31.4 Å². The Bertz CT molecular complexity index is 1250. The maximum atomic E-state index is 13.0. The Kier molecular flexibility index (Phi) is 6.60. The van der Waals surface area contributed by atoms with Crippen LogP contribution < -0.4 is 9.21 Å². The molecule has 2 aromatic carbocycles. The summed E-state index contributed by atoms with van der Waals surface area (Å²) in [7, 11) is -4.55. The van der Waals surface area contributed by atoms with Crippen LogP contribution in [0.25, 0.3) is 0 Å². The van der Waals surface area contributed by atoms with Crippen molar-refractivity contribution in [3.05, 3.63) is 52.0 Å². The third-order valence-electron chi connectivity index (χ3n) is 4.88. The molecule has 1 heterocycles. The van der Waals surface area contributed by atoms with E-state index in [1.807, 2.05) is 0 Å². The highest BCUT2D eigenvalue weighted by Gasteiger charge is 2.31. The molecular formula is C19H21Cl2N3O5S2. The fourth-order valence-corrected chi connectivity index (χ4v) is 5.52. The number of hydrogen-bond donors (Lipinski definition) is 0. The number of rotatable bonds is 6. The van der Waals surface area contributed by atoms with Gasteiger partial charge < -0.3 is 4.90 Å². The minimum atomic E-state index is -3.84. The van der Waals surface area contributed by atoms with E-state index in [1.165, 1.54) is 43.3 Å². The van der Waals surface area contributed by atoms with Crippen LogP contribution in [0.3, 0.4) is 0 Å². The molecule has 0 saturated carbocycles. The van der Waals surface area contributed by atoms with E-state index in [0.29, 0.717) is 24.2 Å². The smallest absolute Gasteiger partial charge is 0.247 e. The maximum absolute atomic E-state index is 13.0. The third kappa shape index (κ3) is 4.83. The molecule has 0 fully saturated rings. The summed E-state index contributed by atoms with van der Waals surface area (Å²) in [5, 5.41) is 0.421. The topological polar surface area (TPSA) is 95.1 Å². The fourth-order valence-electron chi connectivity index (χ4n) is 3.27. The number of benzene rings is 2. The standard InChI is InChI=1S/C19H21Cl2N3O5S2/c1-22(2)31(28,29)15-5-7-17-13(10-15)8-9-23(17)19(25)12-24(30(3,26)27)18-11-14(20)4-6-16(18)21/h4-7,10-11H,8-9,12H2,1-3H3. The highest BCUT2D eigenvalue weighted by atomic mass is 35.5. The van der Waals surface area contributed by atoms with E-state index >= 15 is 0 Å². The Hall–Kier alpha value is -1.85. The van der Waals surface area contributed by atoms with Crippen molar-refractivity contribution >= 4 is 60.5 Å². The van der Waals surface area contributed by atoms with Crippen LogP contribution in [0.5, 0.6) is 0 Å². The molecule has 0 unspecified atom stereocenters. The van der Waals surface area contributed by atoms with E-state index in [2.05, 4.69) is 0 Å². The minimum absolute atomic E-state index is 0.108. The molecule has 0 saturated heterocycles. The number of amides is 1. The van der Waals surface area contributed by atoms with Crippen molar-refractivity contribution in [2.24, 2.45) is 0 Å². The predicted molar refractivity (Wildman–Crippen MR) is 122 cm³/mol. The third-order valence-corrected chi connectivity index (χ3v) is 8.37. The molecule has 12 heteroatoms. The zero-order chi connectivity index (χ0) is 23.1. The molecule has 0 spiro atoms. The summed E-state index contributed by atoms with van der Waals surface area (Å²) in [6, 6.07) is 8.90. The Balaban J connectivity index is 1.92. The van der Waals surface area contributed by atoms with Gasteiger partial charge in [-0.15, -0.1) is 0 Å². The lowest BCUT2D eigenvalue weighted by atomic mass is 10.2. The highest BCUT2D eigenvalue weighted by Crippen LogP contribution is 2.33. The van der Waals surface area contributed by atoms with Crippen LogP contribution in [0.4, 0.5) is 11.4 Å². The molecule has 0 aliphatic carbocycles. The molecule has 168 valence electrons. The Morgan fingerprint density at radius 1 is 1.06 bits per heavy atom. The van der Waals surface area contributed by atoms with Crippen LogP contribution in [0.1, 0.15) is 5.56 Å². The molecule has 1 aliphatic rings. The van der Waals surface area contributed by atoms with Crippen molar-refractivity contribution in [3.63, 3.8) is 0 Å². The summed E-state index contributed by atoms with van der Waals surface area (Å²) in [4.78, 5) is 14.6. The molecule has 0 bridgehead atoms. The summed E-state index contributed by atoms with van der Waals surface area (Å²) < 4.78 is 51.5. The molecule has 2 aromatic rings. The van der Waals surface area contributed by atoms with E-state index in [1.54, 1.807) is 12.1 Å². The fraction of sp³-hybridized carbons (Fsp3) is 0.316. The highest BCUT2D eigenvalue weighted by molar-refractivity contribution is 7.92. The van der Waals surface area contributed by atoms with Crippen LogP contribution in [-0.4, -0.2) is 60.5 Å². The zero-order valence-electron chi connectivity index (χ0n) is 17.0. The second kappa shape index (κ2) is 8.59. The molecule has 1 aliphatic heterocycles. The number of sulfonamides is 2. The van der Waals surface area contributed by atoms with E-state index in [9.17, 15) is 21.6 Å². The van der Waals surface area contributed by atoms with Crippen molar-refractivity contribution in [1.82, 2.24) is 4.31 Å². The number of fused-ring (bicyclic) bond motifs is 1. The van der Waals surface area contributed by atoms with E-state index < -0.39 is 32.5 Å². The second-order valence-corrected chi connectivity index (χ2v) is 12.1. The van der Waals surface area contributed by atoms with Crippen LogP contribution in [0, 0.1) is 0 Å². The molecule has 0 radical (unpaired) electrons. The predicted octanol–water partition coefficient (Wildman–Crippen LogP) is 2.60. The van der Waals surface area contributed by atoms with Gasteiger partial charge in [0.2, 0.25) is 26.0 Å². The zero-order valence-corrected chi connectivity index (χ0v) is 20.2. The largest absolute Gasteiger partial charge is 0.310 e. The van der Waals surface area contributed by atoms with Gasteiger partial charge in [-0.25, -0.2) is 21.1 Å². The van der Waals surface area contributed by atoms with Crippen LogP contribution >= 0.6 is 23.2 Å². The van der Waals surface area contributed by atoms with Gasteiger partial charge in [-0.3, -0.25) is 9.10 Å². The first-order chi connectivity index (χ1) is 14.3. The normalized spacial score (nSPS) is 14.1. The van der Waals surface area contributed by atoms with Gasteiger partial charge in [-0.2, -0.15) is 0 Å². The van der Waals surface area contributed by atoms with Gasteiger partial charge in [0.25, 0.3) is 0 Å². The molecule has 1 amide bonds. The van der Waals surface area contributed by atoms with Gasteiger partial charge in [0.05, 0.1) is 21.9 Å². The Labute approximate surface area is 192 Å². The first kappa shape index (κ1) is 23.8. The van der Waals surface area contributed by atoms with Crippen molar-refractivity contribution in [1.29, 1.82) is 0 Å². The summed E-state index contributed by atoms with van der Waals surface area (Å²) in [5.41, 5.74) is 1.35. The number of carbonyl (C=O) groups excluding carboxylic acids is 1. The molecule has 0 N–H and O–H groups in total. The van der Waals surface area contributed by atoms with Crippen LogP contribution in [0.15, 0.2) is 41.3 Å². The molecule has 0 aromatic heterocycles. The second-order valence-electron chi connectivity index (χ2n) is 7.24. The van der Waals surface area contributed by atoms with Crippen LogP contribution in [-0.2, 0) is 31.3 Å². The number of halogens is 2. The van der Waals surface area contributed by atoms with Crippen molar-refractivity contribution in [3.8, 4) is 0 Å². The van der Waals surface area contributed by atoms with Gasteiger partial charge >= 0.3 is 0 Å². The van der Waals surface area contributed by atoms with Gasteiger partial charge in [-0.1, -0.05) is 23.2 Å². The molecule has 0 atom stereocenters. The summed E-state index contributed by atoms with van der Waals surface area (Å²) >= 11 is 12.1. The van der Waals surface area contributed by atoms with Crippen molar-refractivity contribution in [2.75, 3.05) is 42.6 Å². The SMILES string of the molecule is CN(C)S(=O)(=O)c1ccc2c(c1)CCN2C(=O)CN(c1cc(Cl)ccc1Cl)S(C)(=O)=O. The van der Waals surface area contributed by atoms with Gasteiger partial charge in [-0.05, 0) is 48.4 Å². The Morgan fingerprint density at radius 2 is 1.74 bits per heavy atom. The monoisotopic (exact) mass is 505 g/mol. The molecule has 3 rings (SSSR count). The van der Waals surface area contributed by atoms with Crippen LogP contribution in [0.2, 0.25) is 10.0 Å².